The highest BCUT2D eigenvalue weighted by Crippen LogP contribution is 2.44. The van der Waals surface area contributed by atoms with E-state index >= 15 is 0 Å². The lowest BCUT2D eigenvalue weighted by atomic mass is 9.74. The summed E-state index contributed by atoms with van der Waals surface area (Å²) in [5, 5.41) is 37.2. The highest BCUT2D eigenvalue weighted by atomic mass is 32.2. The number of carbonyl (C=O) groups excluding carboxylic acids is 3. The number of ether oxygens (including phenoxy) is 8. The zero-order valence-corrected chi connectivity index (χ0v) is 47.8. The Kier molecular flexibility index (Phi) is 19.8. The number of hydrogen-bond donors (Lipinski definition) is 4. The van der Waals surface area contributed by atoms with Gasteiger partial charge in [-0.05, 0) is 92.4 Å². The van der Waals surface area contributed by atoms with Gasteiger partial charge in [0.2, 0.25) is 5.43 Å². The first-order valence-corrected chi connectivity index (χ1v) is 28.4. The van der Waals surface area contributed by atoms with Crippen molar-refractivity contribution in [1.29, 1.82) is 0 Å². The largest absolute Gasteiger partial charge is 0.509 e. The summed E-state index contributed by atoms with van der Waals surface area (Å²) in [4.78, 5) is 68.1. The number of aromatic carboxylic acids is 1. The quantitative estimate of drug-likeness (QED) is 0.0953. The lowest BCUT2D eigenvalue weighted by Crippen LogP contribution is -2.60. The van der Waals surface area contributed by atoms with Gasteiger partial charge in [0.25, 0.3) is 10.1 Å². The number of Topliss-reactive ketones (excluding diaryl/α,β-unsaturated/α-hetero) is 1. The molecule has 0 saturated carbocycles. The first-order chi connectivity index (χ1) is 35.9. The minimum Gasteiger partial charge on any atom is -0.492 e. The van der Waals surface area contributed by atoms with Gasteiger partial charge in [0.15, 0.2) is 24.3 Å². The van der Waals surface area contributed by atoms with Crippen LogP contribution in [0.15, 0.2) is 29.2 Å². The number of fused-ring (bicyclic) bond motifs is 2. The average molecular weight is 1110 g/mol. The van der Waals surface area contributed by atoms with Crippen LogP contribution in [-0.2, 0) is 63.6 Å². The molecule has 1 aromatic heterocycles. The van der Waals surface area contributed by atoms with Gasteiger partial charge in [-0.1, -0.05) is 41.5 Å². The topological polar surface area (TPSA) is 283 Å². The van der Waals surface area contributed by atoms with Crippen molar-refractivity contribution >= 4 is 44.9 Å². The molecule has 4 aliphatic rings. The van der Waals surface area contributed by atoms with Gasteiger partial charge in [-0.25, -0.2) is 9.59 Å². The normalized spacial score (nSPS) is 36.4. The van der Waals surface area contributed by atoms with Crippen molar-refractivity contribution in [3.8, 4) is 5.75 Å². The van der Waals surface area contributed by atoms with E-state index in [2.05, 4.69) is 5.32 Å². The molecule has 17 atom stereocenters. The van der Waals surface area contributed by atoms with E-state index in [4.69, 9.17) is 42.1 Å². The van der Waals surface area contributed by atoms with Gasteiger partial charge in [0, 0.05) is 61.6 Å². The number of pyridine rings is 1. The molecule has 5 heterocycles. The minimum atomic E-state index is -4.16. The molecular formula is C54H83N3O19S. The van der Waals surface area contributed by atoms with Crippen molar-refractivity contribution in [2.45, 2.75) is 194 Å². The van der Waals surface area contributed by atoms with Crippen LogP contribution in [-0.4, -0.2) is 175 Å². The number of hydrogen-bond acceptors (Lipinski definition) is 20. The lowest BCUT2D eigenvalue weighted by Gasteiger charge is -2.49. The second kappa shape index (κ2) is 24.6. The number of ketones is 1. The number of carboxylic acids is 1. The Morgan fingerprint density at radius 2 is 1.61 bits per heavy atom. The molecule has 4 saturated heterocycles. The van der Waals surface area contributed by atoms with Crippen molar-refractivity contribution in [3.05, 3.63) is 40.2 Å². The SMILES string of the molecule is CC[C@H]1OC(=O)[C@H](C)[C@@H](O[C@H]2CC(C)(C)[C@@H](OS(=O)(=O)CCNCCOc3ccc4c(=O)c(C(=O)O)cn(CC)c4c3)[C@H](C)O2)[C@H](C)[C@@H](O[C@@H]2O[C@H](C)C[C@H](N(C)C)[C@H]2O)[C@](C)(O)C[C@@H](C)C(=O)[C@H](C)[C@H]2OC(=O)O[C@@]21C. The van der Waals surface area contributed by atoms with Crippen molar-refractivity contribution in [2.75, 3.05) is 39.5 Å². The fourth-order valence-electron chi connectivity index (χ4n) is 11.9. The number of rotatable bonds is 17. The molecule has 4 N–H and O–H groups in total. The van der Waals surface area contributed by atoms with Gasteiger partial charge >= 0.3 is 18.1 Å². The molecule has 434 valence electrons. The van der Waals surface area contributed by atoms with Crippen LogP contribution in [0.2, 0.25) is 0 Å². The van der Waals surface area contributed by atoms with E-state index in [0.717, 1.165) is 0 Å². The van der Waals surface area contributed by atoms with Crippen LogP contribution in [0, 0.1) is 29.1 Å². The molecule has 77 heavy (non-hydrogen) atoms. The number of aryl methyl sites for hydroxylation is 1. The number of likely N-dealkylation sites (N-methyl/N-ethyl adjacent to an activating group) is 1. The van der Waals surface area contributed by atoms with Crippen LogP contribution in [0.25, 0.3) is 10.9 Å². The molecule has 22 nitrogen and oxygen atoms in total. The molecule has 0 radical (unpaired) electrons. The maximum Gasteiger partial charge on any atom is 0.509 e. The van der Waals surface area contributed by atoms with E-state index in [1.165, 1.54) is 19.2 Å². The number of nitrogens with zero attached hydrogens (tertiary/aromatic N) is 2. The lowest BCUT2D eigenvalue weighted by molar-refractivity contribution is -0.311. The summed E-state index contributed by atoms with van der Waals surface area (Å²) in [7, 11) is -0.498. The summed E-state index contributed by atoms with van der Waals surface area (Å²) in [5.41, 5.74) is -4.77. The number of carbonyl (C=O) groups is 4. The number of carboxylic acid groups (broad SMARTS) is 1. The van der Waals surface area contributed by atoms with Gasteiger partial charge in [0.05, 0.1) is 53.1 Å². The Labute approximate surface area is 451 Å². The summed E-state index contributed by atoms with van der Waals surface area (Å²) in [6.45, 7) is 21.2. The molecule has 4 fully saturated rings. The first kappa shape index (κ1) is 61.9. The van der Waals surface area contributed by atoms with Crippen LogP contribution < -0.4 is 15.5 Å². The fourth-order valence-corrected chi connectivity index (χ4v) is 13.1. The molecule has 6 rings (SSSR count). The van der Waals surface area contributed by atoms with Gasteiger partial charge < -0.3 is 68.0 Å². The van der Waals surface area contributed by atoms with Gasteiger partial charge in [0.1, 0.15) is 42.0 Å². The predicted octanol–water partition coefficient (Wildman–Crippen LogP) is 4.64. The Morgan fingerprint density at radius 1 is 0.922 bits per heavy atom. The molecule has 0 unspecified atom stereocenters. The number of nitrogens with one attached hydrogen (secondary N) is 1. The molecule has 1 aromatic carbocycles. The molecule has 0 aliphatic carbocycles. The zero-order valence-electron chi connectivity index (χ0n) is 47.0. The average Bonchev–Trinajstić information content (AvgIpc) is 3.66. The van der Waals surface area contributed by atoms with Crippen LogP contribution in [0.1, 0.15) is 119 Å². The molecular weight excluding hydrogens is 1030 g/mol. The second-order valence-corrected chi connectivity index (χ2v) is 24.6. The van der Waals surface area contributed by atoms with Crippen LogP contribution in [0.4, 0.5) is 4.79 Å². The van der Waals surface area contributed by atoms with E-state index in [1.54, 1.807) is 65.2 Å². The monoisotopic (exact) mass is 1110 g/mol. The summed E-state index contributed by atoms with van der Waals surface area (Å²) in [6, 6.07) is 4.35. The zero-order chi connectivity index (χ0) is 57.3. The second-order valence-electron chi connectivity index (χ2n) is 22.9. The maximum absolute atomic E-state index is 14.7. The number of cyclic esters (lactones) is 1. The van der Waals surface area contributed by atoms with E-state index in [9.17, 15) is 47.7 Å². The number of aliphatic hydroxyl groups excluding tert-OH is 1. The minimum absolute atomic E-state index is 0.0171. The number of benzene rings is 1. The van der Waals surface area contributed by atoms with Crippen LogP contribution >= 0.6 is 0 Å². The molecule has 0 amide bonds. The highest BCUT2D eigenvalue weighted by molar-refractivity contribution is 7.86. The van der Waals surface area contributed by atoms with Gasteiger partial charge in [-0.2, -0.15) is 8.42 Å². The number of aliphatic hydroxyl groups is 2. The molecule has 2 aromatic rings. The smallest absolute Gasteiger partial charge is 0.492 e. The summed E-state index contributed by atoms with van der Waals surface area (Å²) in [6.07, 6.45) is -9.59. The Morgan fingerprint density at radius 3 is 2.23 bits per heavy atom. The first-order valence-electron chi connectivity index (χ1n) is 26.8. The van der Waals surface area contributed by atoms with Gasteiger partial charge in [-0.3, -0.25) is 18.6 Å². The highest BCUT2D eigenvalue weighted by Gasteiger charge is 2.59. The molecule has 0 bridgehead atoms. The number of aromatic nitrogens is 1. The summed E-state index contributed by atoms with van der Waals surface area (Å²) in [5.74, 6) is -6.24. The van der Waals surface area contributed by atoms with Gasteiger partial charge in [-0.15, -0.1) is 0 Å². The molecule has 0 spiro atoms. The van der Waals surface area contributed by atoms with E-state index in [-0.39, 0.29) is 67.8 Å². The van der Waals surface area contributed by atoms with E-state index < -0.39 is 135 Å². The Hall–Kier alpha value is -4.30. The third-order valence-corrected chi connectivity index (χ3v) is 17.2. The third-order valence-electron chi connectivity index (χ3n) is 16.0. The predicted molar refractivity (Wildman–Crippen MR) is 280 cm³/mol. The third kappa shape index (κ3) is 13.8. The van der Waals surface area contributed by atoms with Crippen molar-refractivity contribution in [1.82, 2.24) is 14.8 Å². The van der Waals surface area contributed by atoms with Crippen LogP contribution in [0.3, 0.4) is 0 Å². The molecule has 23 heteroatoms. The maximum atomic E-state index is 14.7. The van der Waals surface area contributed by atoms with Crippen LogP contribution in [0.5, 0.6) is 5.75 Å². The summed E-state index contributed by atoms with van der Waals surface area (Å²) < 4.78 is 84.4. The van der Waals surface area contributed by atoms with Crippen molar-refractivity contribution in [3.63, 3.8) is 0 Å². The van der Waals surface area contributed by atoms with E-state index in [0.29, 0.717) is 24.2 Å². The fraction of sp³-hybridized carbons (Fsp3) is 0.759. The van der Waals surface area contributed by atoms with Crippen molar-refractivity contribution in [2.24, 2.45) is 29.1 Å². The summed E-state index contributed by atoms with van der Waals surface area (Å²) >= 11 is 0. The van der Waals surface area contributed by atoms with E-state index in [1.807, 2.05) is 46.7 Å². The Balaban J connectivity index is 1.19. The Bertz CT molecular complexity index is 2610. The number of esters is 1. The standard InChI is InChI=1S/C54H83N3O19S/c1-15-39-54(12)46(74-51(64)75-54)30(5)41(58)28(3)25-53(11,65)45(73-50-43(60)38(56(13)14)23-29(4)69-50)31(6)44(32(7)49(63)71-39)72-40-26-52(9,10)47(33(8)70-40)76-77(66,67)22-20-55-19-21-68-34-17-18-35-37(24-34)57(16-2)27-36(42(35)59)48(61)62/h17-18,24,27-33,38-40,43-47,50,55,60,65H,15-16,19-23,25-26H2,1-14H3,(H,61,62)/t28-,29-,30+,31+,32-,33+,38+,39-,40+,43-,44+,45-,46-,47+,50+,53-,54-/m1/s1. The molecule has 4 aliphatic heterocycles. The van der Waals surface area contributed by atoms with Crippen molar-refractivity contribution < 1.29 is 85.0 Å².